The normalized spacial score (nSPS) is 16.8. The molecule has 0 saturated carbocycles. The number of ketones is 1. The van der Waals surface area contributed by atoms with E-state index >= 15 is 0 Å². The smallest absolute Gasteiger partial charge is 0.300 e. The van der Waals surface area contributed by atoms with Crippen molar-refractivity contribution >= 4 is 40.4 Å². The lowest BCUT2D eigenvalue weighted by atomic mass is 9.94. The van der Waals surface area contributed by atoms with Gasteiger partial charge in [0.1, 0.15) is 11.6 Å². The summed E-state index contributed by atoms with van der Waals surface area (Å²) in [5, 5.41) is 21.9. The molecule has 9 nitrogen and oxygen atoms in total. The Bertz CT molecular complexity index is 1420. The molecule has 36 heavy (non-hydrogen) atoms. The minimum absolute atomic E-state index is 0.0845. The van der Waals surface area contributed by atoms with Crippen LogP contribution in [0.2, 0.25) is 5.02 Å². The molecule has 0 spiro atoms. The Morgan fingerprint density at radius 2 is 1.69 bits per heavy atom. The van der Waals surface area contributed by atoms with Crippen LogP contribution in [-0.2, 0) is 9.59 Å². The summed E-state index contributed by atoms with van der Waals surface area (Å²) >= 11 is 5.94. The van der Waals surface area contributed by atoms with Crippen LogP contribution in [0.5, 0.6) is 11.5 Å². The lowest BCUT2D eigenvalue weighted by molar-refractivity contribution is -0.384. The number of nitro benzene ring substituents is 1. The lowest BCUT2D eigenvalue weighted by Gasteiger charge is -2.26. The van der Waals surface area contributed by atoms with Crippen molar-refractivity contribution in [2.24, 2.45) is 0 Å². The third-order valence-corrected chi connectivity index (χ3v) is 5.99. The number of nitrogens with zero attached hydrogens (tertiary/aromatic N) is 2. The molecule has 0 aromatic heterocycles. The quantitative estimate of drug-likeness (QED) is 0.162. The second-order valence-corrected chi connectivity index (χ2v) is 8.09. The number of halogens is 2. The molecule has 184 valence electrons. The Hall–Kier alpha value is -4.44. The third kappa shape index (κ3) is 4.22. The predicted octanol–water partition coefficient (Wildman–Crippen LogP) is 5.03. The van der Waals surface area contributed by atoms with Gasteiger partial charge in [-0.3, -0.25) is 24.6 Å². The number of amides is 1. The fourth-order valence-electron chi connectivity index (χ4n) is 3.97. The molecule has 4 rings (SSSR count). The van der Waals surface area contributed by atoms with Crippen molar-refractivity contribution in [3.63, 3.8) is 0 Å². The van der Waals surface area contributed by atoms with Gasteiger partial charge in [-0.1, -0.05) is 17.7 Å². The second kappa shape index (κ2) is 9.67. The van der Waals surface area contributed by atoms with Crippen molar-refractivity contribution in [1.29, 1.82) is 0 Å². The van der Waals surface area contributed by atoms with E-state index in [1.165, 1.54) is 44.6 Å². The van der Waals surface area contributed by atoms with Crippen LogP contribution in [0, 0.1) is 15.9 Å². The molecule has 1 aliphatic heterocycles. The van der Waals surface area contributed by atoms with Gasteiger partial charge in [0, 0.05) is 23.4 Å². The molecule has 1 amide bonds. The van der Waals surface area contributed by atoms with Gasteiger partial charge in [-0.15, -0.1) is 0 Å². The van der Waals surface area contributed by atoms with Gasteiger partial charge in [0.05, 0.1) is 35.8 Å². The number of nitro groups is 1. The number of carbonyl (C=O) groups excluding carboxylic acids is 2. The molecule has 11 heteroatoms. The number of ether oxygens (including phenoxy) is 2. The van der Waals surface area contributed by atoms with Crippen LogP contribution in [0.4, 0.5) is 15.8 Å². The molecule has 3 aromatic carbocycles. The summed E-state index contributed by atoms with van der Waals surface area (Å²) < 4.78 is 24.5. The summed E-state index contributed by atoms with van der Waals surface area (Å²) in [5.41, 5.74) is 0.0777. The minimum Gasteiger partial charge on any atom is -0.507 e. The standard InChI is InChI=1S/C25H18ClFN2O7/c1-35-19-10-5-14(11-20(19)36-2)22-21(23(30)13-3-6-15(7-4-13)29(33)34)24(31)25(32)28(22)16-8-9-18(27)17(26)12-16/h3-12,22,30H,1-2H3/b23-21+. The Balaban J connectivity index is 1.96. The molecule has 1 heterocycles. The zero-order valence-electron chi connectivity index (χ0n) is 18.9. The van der Waals surface area contributed by atoms with Crippen LogP contribution in [0.3, 0.4) is 0 Å². The van der Waals surface area contributed by atoms with Crippen LogP contribution in [0.15, 0.2) is 66.2 Å². The van der Waals surface area contributed by atoms with Gasteiger partial charge >= 0.3 is 0 Å². The SMILES string of the molecule is COc1ccc(C2/C(=C(\O)c3ccc([N+](=O)[O-])cc3)C(=O)C(=O)N2c2ccc(F)c(Cl)c2)cc1OC. The molecule has 1 saturated heterocycles. The molecular formula is C25H18ClFN2O7. The van der Waals surface area contributed by atoms with E-state index in [4.69, 9.17) is 21.1 Å². The van der Waals surface area contributed by atoms with E-state index in [1.807, 2.05) is 0 Å². The number of non-ortho nitro benzene ring substituents is 1. The van der Waals surface area contributed by atoms with Crippen molar-refractivity contribution in [3.8, 4) is 11.5 Å². The first kappa shape index (κ1) is 24.7. The van der Waals surface area contributed by atoms with E-state index in [9.17, 15) is 29.2 Å². The molecule has 3 aromatic rings. The van der Waals surface area contributed by atoms with Crippen LogP contribution < -0.4 is 14.4 Å². The van der Waals surface area contributed by atoms with Gasteiger partial charge in [-0.2, -0.15) is 0 Å². The van der Waals surface area contributed by atoms with E-state index in [0.29, 0.717) is 17.1 Å². The second-order valence-electron chi connectivity index (χ2n) is 7.69. The molecule has 1 fully saturated rings. The highest BCUT2D eigenvalue weighted by Crippen LogP contribution is 2.44. The fourth-order valence-corrected chi connectivity index (χ4v) is 4.14. The first-order valence-electron chi connectivity index (χ1n) is 10.4. The predicted molar refractivity (Wildman–Crippen MR) is 129 cm³/mol. The zero-order chi connectivity index (χ0) is 26.1. The summed E-state index contributed by atoms with van der Waals surface area (Å²) in [6.45, 7) is 0. The average Bonchev–Trinajstić information content (AvgIpc) is 3.15. The van der Waals surface area contributed by atoms with E-state index in [1.54, 1.807) is 12.1 Å². The highest BCUT2D eigenvalue weighted by atomic mass is 35.5. The number of Topliss-reactive ketones (excluding diaryl/α,β-unsaturated/α-hetero) is 1. The number of anilines is 1. The third-order valence-electron chi connectivity index (χ3n) is 5.70. The number of hydrogen-bond donors (Lipinski definition) is 1. The van der Waals surface area contributed by atoms with Crippen molar-refractivity contribution in [3.05, 3.63) is 98.3 Å². The largest absolute Gasteiger partial charge is 0.507 e. The van der Waals surface area contributed by atoms with E-state index in [-0.39, 0.29) is 27.5 Å². The highest BCUT2D eigenvalue weighted by molar-refractivity contribution is 6.51. The maximum atomic E-state index is 13.8. The van der Waals surface area contributed by atoms with Gasteiger partial charge in [-0.05, 0) is 48.0 Å². The van der Waals surface area contributed by atoms with Crippen molar-refractivity contribution in [1.82, 2.24) is 0 Å². The summed E-state index contributed by atoms with van der Waals surface area (Å²) in [7, 11) is 2.86. The zero-order valence-corrected chi connectivity index (χ0v) is 19.7. The molecule has 0 bridgehead atoms. The number of aliphatic hydroxyl groups is 1. The molecule has 1 aliphatic rings. The van der Waals surface area contributed by atoms with E-state index < -0.39 is 34.2 Å². The first-order valence-corrected chi connectivity index (χ1v) is 10.8. The molecule has 0 radical (unpaired) electrons. The maximum Gasteiger partial charge on any atom is 0.300 e. The molecule has 0 aliphatic carbocycles. The summed E-state index contributed by atoms with van der Waals surface area (Å²) in [6.07, 6.45) is 0. The number of aliphatic hydroxyl groups excluding tert-OH is 1. The maximum absolute atomic E-state index is 13.8. The van der Waals surface area contributed by atoms with Gasteiger partial charge in [-0.25, -0.2) is 4.39 Å². The number of benzene rings is 3. The van der Waals surface area contributed by atoms with Crippen LogP contribution >= 0.6 is 11.6 Å². The van der Waals surface area contributed by atoms with Gasteiger partial charge in [0.15, 0.2) is 11.5 Å². The number of carbonyl (C=O) groups is 2. The van der Waals surface area contributed by atoms with Gasteiger partial charge < -0.3 is 14.6 Å². The van der Waals surface area contributed by atoms with Crippen LogP contribution in [0.1, 0.15) is 17.2 Å². The number of rotatable bonds is 6. The highest BCUT2D eigenvalue weighted by Gasteiger charge is 2.47. The van der Waals surface area contributed by atoms with E-state index in [0.717, 1.165) is 23.1 Å². The van der Waals surface area contributed by atoms with Gasteiger partial charge in [0.2, 0.25) is 0 Å². The van der Waals surface area contributed by atoms with Gasteiger partial charge in [0.25, 0.3) is 17.4 Å². The van der Waals surface area contributed by atoms with Crippen molar-refractivity contribution < 1.29 is 33.5 Å². The first-order chi connectivity index (χ1) is 17.2. The Morgan fingerprint density at radius 1 is 1.03 bits per heavy atom. The van der Waals surface area contributed by atoms with E-state index in [2.05, 4.69) is 0 Å². The number of hydrogen-bond acceptors (Lipinski definition) is 7. The van der Waals surface area contributed by atoms with Crippen LogP contribution in [-0.4, -0.2) is 35.9 Å². The van der Waals surface area contributed by atoms with Crippen molar-refractivity contribution in [2.75, 3.05) is 19.1 Å². The van der Waals surface area contributed by atoms with Crippen molar-refractivity contribution in [2.45, 2.75) is 6.04 Å². The van der Waals surface area contributed by atoms with Crippen LogP contribution in [0.25, 0.3) is 5.76 Å². The Morgan fingerprint density at radius 3 is 2.28 bits per heavy atom. The monoisotopic (exact) mass is 512 g/mol. The molecule has 1 atom stereocenters. The average molecular weight is 513 g/mol. The summed E-state index contributed by atoms with van der Waals surface area (Å²) in [4.78, 5) is 37.9. The number of methoxy groups -OCH3 is 2. The fraction of sp³-hybridized carbons (Fsp3) is 0.120. The summed E-state index contributed by atoms with van der Waals surface area (Å²) in [6, 6.07) is 11.9. The molecule has 1 unspecified atom stereocenters. The summed E-state index contributed by atoms with van der Waals surface area (Å²) in [5.74, 6) is -2.57. The Labute approximate surface area is 209 Å². The Kier molecular flexibility index (Phi) is 6.63. The topological polar surface area (TPSA) is 119 Å². The molecule has 1 N–H and O–H groups in total. The lowest BCUT2D eigenvalue weighted by Crippen LogP contribution is -2.29. The minimum atomic E-state index is -1.17. The molecular weight excluding hydrogens is 495 g/mol.